The normalized spacial score (nSPS) is 10.2. The first-order chi connectivity index (χ1) is 9.58. The van der Waals surface area contributed by atoms with Crippen LogP contribution in [0.2, 0.25) is 0 Å². The Balaban J connectivity index is 2.05. The molecule has 1 N–H and O–H groups in total. The molecule has 7 heteroatoms. The fraction of sp³-hybridized carbons (Fsp3) is 0.154. The number of benzene rings is 1. The number of nitro groups is 1. The van der Waals surface area contributed by atoms with Crippen molar-refractivity contribution in [2.24, 2.45) is 0 Å². The molecule has 0 fully saturated rings. The zero-order valence-corrected chi connectivity index (χ0v) is 10.5. The molecule has 0 spiro atoms. The molecule has 0 aliphatic heterocycles. The van der Waals surface area contributed by atoms with Crippen molar-refractivity contribution >= 4 is 11.6 Å². The minimum absolute atomic E-state index is 0.275. The van der Waals surface area contributed by atoms with Gasteiger partial charge in [-0.3, -0.25) is 14.9 Å². The average Bonchev–Trinajstić information content (AvgIpc) is 2.91. The molecule has 0 radical (unpaired) electrons. The highest BCUT2D eigenvalue weighted by atomic mass is 19.1. The first-order valence-electron chi connectivity index (χ1n) is 5.91. The van der Waals surface area contributed by atoms with Crippen molar-refractivity contribution in [3.8, 4) is 0 Å². The van der Waals surface area contributed by atoms with Gasteiger partial charge < -0.3 is 9.88 Å². The molecule has 0 bridgehead atoms. The number of hydrogen-bond acceptors (Lipinski definition) is 3. The molecule has 20 heavy (non-hydrogen) atoms. The predicted octanol–water partition coefficient (Wildman–Crippen LogP) is 1.97. The number of carbonyl (C=O) groups excluding carboxylic acids is 1. The van der Waals surface area contributed by atoms with Gasteiger partial charge in [0.1, 0.15) is 11.4 Å². The lowest BCUT2D eigenvalue weighted by molar-refractivity contribution is -0.385. The number of halogens is 1. The Morgan fingerprint density at radius 3 is 2.70 bits per heavy atom. The molecule has 104 valence electrons. The third-order valence-electron chi connectivity index (χ3n) is 2.72. The Morgan fingerprint density at radius 2 is 2.05 bits per heavy atom. The van der Waals surface area contributed by atoms with Crippen LogP contribution in [-0.4, -0.2) is 21.9 Å². The van der Waals surface area contributed by atoms with Gasteiger partial charge >= 0.3 is 0 Å². The Hall–Kier alpha value is -2.70. The summed E-state index contributed by atoms with van der Waals surface area (Å²) >= 11 is 0. The highest BCUT2D eigenvalue weighted by Crippen LogP contribution is 2.19. The third kappa shape index (κ3) is 3.19. The van der Waals surface area contributed by atoms with E-state index in [1.807, 2.05) is 29.1 Å². The second-order valence-corrected chi connectivity index (χ2v) is 4.10. The maximum atomic E-state index is 13.1. The van der Waals surface area contributed by atoms with Crippen LogP contribution in [0.1, 0.15) is 10.4 Å². The van der Waals surface area contributed by atoms with Gasteiger partial charge in [-0.15, -0.1) is 0 Å². The number of carbonyl (C=O) groups is 1. The summed E-state index contributed by atoms with van der Waals surface area (Å²) in [7, 11) is 0. The van der Waals surface area contributed by atoms with Crippen LogP contribution in [0.5, 0.6) is 0 Å². The summed E-state index contributed by atoms with van der Waals surface area (Å²) in [5.74, 6) is -1.35. The summed E-state index contributed by atoms with van der Waals surface area (Å²) in [6.45, 7) is 0.822. The van der Waals surface area contributed by atoms with E-state index in [1.54, 1.807) is 0 Å². The van der Waals surface area contributed by atoms with E-state index < -0.39 is 22.3 Å². The van der Waals surface area contributed by atoms with Crippen molar-refractivity contribution in [2.45, 2.75) is 6.54 Å². The number of aromatic nitrogens is 1. The standard InChI is InChI=1S/C13H12FN3O3/c14-10-3-4-12(17(19)20)11(9-10)13(18)15-5-8-16-6-1-2-7-16/h1-4,6-7,9H,5,8H2,(H,15,18). The number of rotatable bonds is 5. The molecule has 2 aromatic rings. The van der Waals surface area contributed by atoms with E-state index in [1.165, 1.54) is 0 Å². The molecule has 0 unspecified atom stereocenters. The second kappa shape index (κ2) is 5.96. The molecule has 0 aliphatic rings. The Labute approximate surface area is 114 Å². The van der Waals surface area contributed by atoms with Crippen LogP contribution in [0.3, 0.4) is 0 Å². The zero-order chi connectivity index (χ0) is 14.5. The van der Waals surface area contributed by atoms with E-state index in [0.717, 1.165) is 18.2 Å². The van der Waals surface area contributed by atoms with Crippen LogP contribution in [0, 0.1) is 15.9 Å². The molecule has 1 aromatic heterocycles. The maximum absolute atomic E-state index is 13.1. The SMILES string of the molecule is O=C(NCCn1cccc1)c1cc(F)ccc1[N+](=O)[O-]. The summed E-state index contributed by atoms with van der Waals surface area (Å²) in [5, 5.41) is 13.3. The monoisotopic (exact) mass is 277 g/mol. The van der Waals surface area contributed by atoms with E-state index in [2.05, 4.69) is 5.32 Å². The minimum atomic E-state index is -0.708. The molecule has 2 rings (SSSR count). The van der Waals surface area contributed by atoms with Crippen molar-refractivity contribution < 1.29 is 14.1 Å². The fourth-order valence-electron chi connectivity index (χ4n) is 1.76. The molecule has 0 saturated heterocycles. The van der Waals surface area contributed by atoms with Crippen molar-refractivity contribution in [3.05, 3.63) is 64.2 Å². The van der Waals surface area contributed by atoms with Crippen molar-refractivity contribution in [1.82, 2.24) is 9.88 Å². The van der Waals surface area contributed by atoms with Crippen molar-refractivity contribution in [1.29, 1.82) is 0 Å². The van der Waals surface area contributed by atoms with Crippen LogP contribution in [-0.2, 0) is 6.54 Å². The van der Waals surface area contributed by atoms with E-state index in [-0.39, 0.29) is 5.56 Å². The van der Waals surface area contributed by atoms with Gasteiger partial charge in [-0.1, -0.05) is 0 Å². The Morgan fingerprint density at radius 1 is 1.35 bits per heavy atom. The molecule has 0 saturated carbocycles. The molecule has 1 aromatic carbocycles. The smallest absolute Gasteiger partial charge is 0.282 e. The zero-order valence-electron chi connectivity index (χ0n) is 10.5. The predicted molar refractivity (Wildman–Crippen MR) is 69.8 cm³/mol. The summed E-state index contributed by atoms with van der Waals surface area (Å²) in [5.41, 5.74) is -0.688. The van der Waals surface area contributed by atoms with Gasteiger partial charge in [0.15, 0.2) is 0 Å². The number of nitrogens with one attached hydrogen (secondary N) is 1. The largest absolute Gasteiger partial charge is 0.353 e. The summed E-state index contributed by atoms with van der Waals surface area (Å²) in [6.07, 6.45) is 3.66. The molecule has 0 aliphatic carbocycles. The quantitative estimate of drug-likeness (QED) is 0.670. The van der Waals surface area contributed by atoms with Crippen LogP contribution in [0.15, 0.2) is 42.7 Å². The number of hydrogen-bond donors (Lipinski definition) is 1. The van der Waals surface area contributed by atoms with Crippen molar-refractivity contribution in [2.75, 3.05) is 6.54 Å². The lowest BCUT2D eigenvalue weighted by Gasteiger charge is -2.07. The van der Waals surface area contributed by atoms with Gasteiger partial charge in [-0.05, 0) is 24.3 Å². The topological polar surface area (TPSA) is 77.2 Å². The molecule has 1 heterocycles. The second-order valence-electron chi connectivity index (χ2n) is 4.10. The van der Waals surface area contributed by atoms with Gasteiger partial charge in [0.2, 0.25) is 0 Å². The maximum Gasteiger partial charge on any atom is 0.282 e. The number of nitrogens with zero attached hydrogens (tertiary/aromatic N) is 2. The molecule has 1 amide bonds. The van der Waals surface area contributed by atoms with Gasteiger partial charge in [-0.2, -0.15) is 0 Å². The Bertz CT molecular complexity index is 626. The summed E-state index contributed by atoms with van der Waals surface area (Å²) in [6, 6.07) is 6.49. The van der Waals surface area contributed by atoms with Gasteiger partial charge in [-0.25, -0.2) is 4.39 Å². The lowest BCUT2D eigenvalue weighted by Crippen LogP contribution is -2.27. The van der Waals surface area contributed by atoms with Crippen molar-refractivity contribution in [3.63, 3.8) is 0 Å². The van der Waals surface area contributed by atoms with E-state index in [4.69, 9.17) is 0 Å². The minimum Gasteiger partial charge on any atom is -0.353 e. The molecule has 0 atom stereocenters. The highest BCUT2D eigenvalue weighted by Gasteiger charge is 2.20. The molecular formula is C13H12FN3O3. The summed E-state index contributed by atoms with van der Waals surface area (Å²) < 4.78 is 15.0. The van der Waals surface area contributed by atoms with Gasteiger partial charge in [0.05, 0.1) is 4.92 Å². The fourth-order valence-corrected chi connectivity index (χ4v) is 1.76. The van der Waals surface area contributed by atoms with E-state index >= 15 is 0 Å². The molecular weight excluding hydrogens is 265 g/mol. The highest BCUT2D eigenvalue weighted by molar-refractivity contribution is 5.98. The third-order valence-corrected chi connectivity index (χ3v) is 2.72. The van der Waals surface area contributed by atoms with Crippen LogP contribution in [0.4, 0.5) is 10.1 Å². The lowest BCUT2D eigenvalue weighted by atomic mass is 10.1. The first kappa shape index (κ1) is 13.7. The average molecular weight is 277 g/mol. The Kier molecular flexibility index (Phi) is 4.09. The van der Waals surface area contributed by atoms with Crippen LogP contribution >= 0.6 is 0 Å². The molecule has 6 nitrogen and oxygen atoms in total. The van der Waals surface area contributed by atoms with Crippen LogP contribution < -0.4 is 5.32 Å². The number of nitro benzene ring substituents is 1. The van der Waals surface area contributed by atoms with E-state index in [9.17, 15) is 19.3 Å². The summed E-state index contributed by atoms with van der Waals surface area (Å²) in [4.78, 5) is 21.9. The first-order valence-corrected chi connectivity index (χ1v) is 5.91. The van der Waals surface area contributed by atoms with Gasteiger partial charge in [0, 0.05) is 31.5 Å². The van der Waals surface area contributed by atoms with Crippen LogP contribution in [0.25, 0.3) is 0 Å². The number of amides is 1. The van der Waals surface area contributed by atoms with E-state index in [0.29, 0.717) is 13.1 Å². The van der Waals surface area contributed by atoms with Gasteiger partial charge in [0.25, 0.3) is 11.6 Å².